The maximum atomic E-state index is 5.68. The third kappa shape index (κ3) is 2.98. The van der Waals surface area contributed by atoms with E-state index in [2.05, 4.69) is 20.3 Å². The van der Waals surface area contributed by atoms with Crippen molar-refractivity contribution in [3.05, 3.63) is 35.1 Å². The highest BCUT2D eigenvalue weighted by Gasteiger charge is 2.04. The number of aromatic nitrogens is 3. The summed E-state index contributed by atoms with van der Waals surface area (Å²) in [5, 5.41) is 3.07. The van der Waals surface area contributed by atoms with Crippen molar-refractivity contribution in [3.8, 4) is 5.75 Å². The van der Waals surface area contributed by atoms with Crippen molar-refractivity contribution in [2.24, 2.45) is 0 Å². The Kier molecular flexibility index (Phi) is 3.78. The van der Waals surface area contributed by atoms with Crippen molar-refractivity contribution < 1.29 is 4.74 Å². The lowest BCUT2D eigenvalue weighted by Gasteiger charge is -2.09. The highest BCUT2D eigenvalue weighted by Crippen LogP contribution is 2.18. The molecule has 0 spiro atoms. The van der Waals surface area contributed by atoms with Crippen molar-refractivity contribution in [2.45, 2.75) is 6.54 Å². The molecule has 0 bridgehead atoms. The Morgan fingerprint density at radius 3 is 2.78 bits per heavy atom. The zero-order valence-electron chi connectivity index (χ0n) is 9.72. The predicted octanol–water partition coefficient (Wildman–Crippen LogP) is 1.73. The largest absolute Gasteiger partial charge is 0.496 e. The molecule has 1 heterocycles. The Bertz CT molecular complexity index is 528. The van der Waals surface area contributed by atoms with Crippen LogP contribution in [0.3, 0.4) is 0 Å². The lowest BCUT2D eigenvalue weighted by atomic mass is 10.2. The lowest BCUT2D eigenvalue weighted by Crippen LogP contribution is -2.07. The Morgan fingerprint density at radius 1 is 1.28 bits per heavy atom. The highest BCUT2D eigenvalue weighted by molar-refractivity contribution is 6.28. The second-order valence-electron chi connectivity index (χ2n) is 3.45. The average Bonchev–Trinajstić information content (AvgIpc) is 2.35. The van der Waals surface area contributed by atoms with Gasteiger partial charge in [0.2, 0.25) is 17.2 Å². The van der Waals surface area contributed by atoms with Gasteiger partial charge >= 0.3 is 0 Å². The molecule has 0 amide bonds. The number of nitrogens with two attached hydrogens (primary N) is 1. The summed E-state index contributed by atoms with van der Waals surface area (Å²) in [6.07, 6.45) is 0. The molecule has 0 radical (unpaired) electrons. The molecule has 0 aliphatic rings. The minimum atomic E-state index is 0.0602. The van der Waals surface area contributed by atoms with Crippen LogP contribution in [0.2, 0.25) is 5.28 Å². The molecule has 2 aromatic rings. The molecule has 0 saturated carbocycles. The fourth-order valence-corrected chi connectivity index (χ4v) is 1.63. The summed E-state index contributed by atoms with van der Waals surface area (Å²) in [6, 6.07) is 7.65. The van der Waals surface area contributed by atoms with Gasteiger partial charge in [0.1, 0.15) is 5.75 Å². The number of nitrogens with one attached hydrogen (secondary N) is 1. The van der Waals surface area contributed by atoms with E-state index in [-0.39, 0.29) is 11.2 Å². The molecule has 0 unspecified atom stereocenters. The van der Waals surface area contributed by atoms with Crippen LogP contribution in [0.1, 0.15) is 5.56 Å². The van der Waals surface area contributed by atoms with E-state index in [0.29, 0.717) is 12.5 Å². The maximum absolute atomic E-state index is 5.68. The Hall–Kier alpha value is -2.08. The molecule has 1 aromatic carbocycles. The molecule has 0 aliphatic heterocycles. The monoisotopic (exact) mass is 265 g/mol. The molecule has 94 valence electrons. The first-order chi connectivity index (χ1) is 8.69. The van der Waals surface area contributed by atoms with Gasteiger partial charge in [-0.15, -0.1) is 0 Å². The first-order valence-electron chi connectivity index (χ1n) is 5.22. The van der Waals surface area contributed by atoms with Gasteiger partial charge in [0.05, 0.1) is 7.11 Å². The van der Waals surface area contributed by atoms with Crippen LogP contribution in [0.15, 0.2) is 24.3 Å². The SMILES string of the molecule is COc1ccccc1CNc1nc(N)nc(Cl)n1. The van der Waals surface area contributed by atoms with Gasteiger partial charge in [0.15, 0.2) is 0 Å². The van der Waals surface area contributed by atoms with Crippen molar-refractivity contribution in [1.29, 1.82) is 0 Å². The van der Waals surface area contributed by atoms with Gasteiger partial charge in [-0.05, 0) is 17.7 Å². The maximum Gasteiger partial charge on any atom is 0.229 e. The van der Waals surface area contributed by atoms with E-state index in [0.717, 1.165) is 11.3 Å². The van der Waals surface area contributed by atoms with Crippen molar-refractivity contribution >= 4 is 23.5 Å². The van der Waals surface area contributed by atoms with Gasteiger partial charge in [-0.25, -0.2) is 0 Å². The number of halogens is 1. The second-order valence-corrected chi connectivity index (χ2v) is 3.79. The second kappa shape index (κ2) is 5.50. The molecule has 0 atom stereocenters. The van der Waals surface area contributed by atoms with Crippen LogP contribution < -0.4 is 15.8 Å². The van der Waals surface area contributed by atoms with E-state index in [1.165, 1.54) is 0 Å². The summed E-state index contributed by atoms with van der Waals surface area (Å²) in [5.41, 5.74) is 6.45. The Morgan fingerprint density at radius 2 is 2.06 bits per heavy atom. The fourth-order valence-electron chi connectivity index (χ4n) is 1.47. The summed E-state index contributed by atoms with van der Waals surface area (Å²) in [7, 11) is 1.62. The van der Waals surface area contributed by atoms with Crippen LogP contribution in [-0.2, 0) is 6.54 Å². The fraction of sp³-hybridized carbons (Fsp3) is 0.182. The van der Waals surface area contributed by atoms with E-state index in [4.69, 9.17) is 22.1 Å². The van der Waals surface area contributed by atoms with Gasteiger partial charge in [-0.2, -0.15) is 15.0 Å². The number of nitrogens with zero attached hydrogens (tertiary/aromatic N) is 3. The number of ether oxygens (including phenoxy) is 1. The van der Waals surface area contributed by atoms with Crippen LogP contribution in [0, 0.1) is 0 Å². The third-order valence-corrected chi connectivity index (χ3v) is 2.42. The van der Waals surface area contributed by atoms with E-state index >= 15 is 0 Å². The van der Waals surface area contributed by atoms with Crippen molar-refractivity contribution in [1.82, 2.24) is 15.0 Å². The molecule has 18 heavy (non-hydrogen) atoms. The van der Waals surface area contributed by atoms with Crippen LogP contribution in [0.25, 0.3) is 0 Å². The van der Waals surface area contributed by atoms with Gasteiger partial charge in [0, 0.05) is 12.1 Å². The minimum absolute atomic E-state index is 0.0602. The first-order valence-corrected chi connectivity index (χ1v) is 5.59. The molecule has 0 fully saturated rings. The highest BCUT2D eigenvalue weighted by atomic mass is 35.5. The zero-order chi connectivity index (χ0) is 13.0. The number of rotatable bonds is 4. The number of hydrogen-bond acceptors (Lipinski definition) is 6. The number of hydrogen-bond donors (Lipinski definition) is 2. The van der Waals surface area contributed by atoms with Gasteiger partial charge in [0.25, 0.3) is 0 Å². The molecule has 7 heteroatoms. The molecule has 1 aromatic heterocycles. The average molecular weight is 266 g/mol. The predicted molar refractivity (Wildman–Crippen MR) is 69.6 cm³/mol. The quantitative estimate of drug-likeness (QED) is 0.876. The number of methoxy groups -OCH3 is 1. The van der Waals surface area contributed by atoms with Gasteiger partial charge < -0.3 is 15.8 Å². The Balaban J connectivity index is 2.11. The van der Waals surface area contributed by atoms with Crippen molar-refractivity contribution in [2.75, 3.05) is 18.2 Å². The van der Waals surface area contributed by atoms with E-state index in [1.54, 1.807) is 7.11 Å². The van der Waals surface area contributed by atoms with Crippen LogP contribution in [0.5, 0.6) is 5.75 Å². The number of para-hydroxylation sites is 1. The van der Waals surface area contributed by atoms with Crippen LogP contribution >= 0.6 is 11.6 Å². The lowest BCUT2D eigenvalue weighted by molar-refractivity contribution is 0.410. The standard InChI is InChI=1S/C11H12ClN5O/c1-18-8-5-3-2-4-7(8)6-14-11-16-9(12)15-10(13)17-11/h2-5H,6H2,1H3,(H3,13,14,15,16,17). The summed E-state index contributed by atoms with van der Waals surface area (Å²) in [4.78, 5) is 11.5. The zero-order valence-corrected chi connectivity index (χ0v) is 10.5. The Labute approximate surface area is 109 Å². The first kappa shape index (κ1) is 12.4. The number of anilines is 2. The summed E-state index contributed by atoms with van der Waals surface area (Å²) >= 11 is 5.68. The molecular weight excluding hydrogens is 254 g/mol. The minimum Gasteiger partial charge on any atom is -0.496 e. The molecule has 6 nitrogen and oxygen atoms in total. The number of nitrogen functional groups attached to an aromatic ring is 1. The normalized spacial score (nSPS) is 10.1. The van der Waals surface area contributed by atoms with Crippen molar-refractivity contribution in [3.63, 3.8) is 0 Å². The molecule has 0 saturated heterocycles. The smallest absolute Gasteiger partial charge is 0.229 e. The molecule has 0 aliphatic carbocycles. The van der Waals surface area contributed by atoms with Crippen LogP contribution in [0.4, 0.5) is 11.9 Å². The topological polar surface area (TPSA) is 86.0 Å². The summed E-state index contributed by atoms with van der Waals surface area (Å²) < 4.78 is 5.24. The van der Waals surface area contributed by atoms with E-state index < -0.39 is 0 Å². The number of benzene rings is 1. The van der Waals surface area contributed by atoms with E-state index in [9.17, 15) is 0 Å². The molecular formula is C11H12ClN5O. The van der Waals surface area contributed by atoms with E-state index in [1.807, 2.05) is 24.3 Å². The van der Waals surface area contributed by atoms with Gasteiger partial charge in [-0.1, -0.05) is 18.2 Å². The third-order valence-electron chi connectivity index (χ3n) is 2.25. The van der Waals surface area contributed by atoms with Gasteiger partial charge in [-0.3, -0.25) is 0 Å². The van der Waals surface area contributed by atoms with Crippen LogP contribution in [-0.4, -0.2) is 22.1 Å². The summed E-state index contributed by atoms with van der Waals surface area (Å²) in [6.45, 7) is 0.504. The molecule has 3 N–H and O–H groups in total. The molecule has 2 rings (SSSR count). The summed E-state index contributed by atoms with van der Waals surface area (Å²) in [5.74, 6) is 1.20.